The Labute approximate surface area is 603 Å². The van der Waals surface area contributed by atoms with Gasteiger partial charge in [-0.15, -0.1) is 0 Å². The molecule has 4 aromatic carbocycles. The van der Waals surface area contributed by atoms with Gasteiger partial charge in [-0.05, 0) is 145 Å². The average molecular weight is 1350 g/mol. The lowest BCUT2D eigenvalue weighted by Gasteiger charge is -2.13. The highest BCUT2D eigenvalue weighted by atomic mass is 16.5. The highest BCUT2D eigenvalue weighted by molar-refractivity contribution is 5.85. The van der Waals surface area contributed by atoms with Gasteiger partial charge in [0.1, 0.15) is 23.0 Å². The van der Waals surface area contributed by atoms with Crippen molar-refractivity contribution in [3.8, 4) is 23.0 Å². The third kappa shape index (κ3) is 25.6. The van der Waals surface area contributed by atoms with Crippen molar-refractivity contribution >= 4 is 22.3 Å². The number of fused-ring (bicyclic) bond motifs is 8. The van der Waals surface area contributed by atoms with Gasteiger partial charge in [0, 0.05) is 66.5 Å². The van der Waals surface area contributed by atoms with Crippen molar-refractivity contribution in [1.29, 1.82) is 0 Å². The van der Waals surface area contributed by atoms with Crippen molar-refractivity contribution in [2.45, 2.75) is 285 Å². The van der Waals surface area contributed by atoms with Crippen LogP contribution in [-0.2, 0) is 0 Å². The predicted molar refractivity (Wildman–Crippen MR) is 423 cm³/mol. The van der Waals surface area contributed by atoms with E-state index in [1.165, 1.54) is 231 Å². The summed E-state index contributed by atoms with van der Waals surface area (Å²) in [6, 6.07) is 52.9. The molecule has 540 valence electrons. The smallest absolute Gasteiger partial charge is 0.119 e. The van der Waals surface area contributed by atoms with Crippen LogP contribution in [0.1, 0.15) is 330 Å². The van der Waals surface area contributed by atoms with Crippen LogP contribution in [-0.4, -0.2) is 46.4 Å². The molecule has 0 amide bonds. The summed E-state index contributed by atoms with van der Waals surface area (Å²) >= 11 is 0. The van der Waals surface area contributed by atoms with Crippen LogP contribution in [0.15, 0.2) is 146 Å². The van der Waals surface area contributed by atoms with Crippen LogP contribution in [0.4, 0.5) is 0 Å². The third-order valence-corrected chi connectivity index (χ3v) is 20.5. The van der Waals surface area contributed by atoms with E-state index in [0.717, 1.165) is 137 Å². The van der Waals surface area contributed by atoms with Gasteiger partial charge in [0.25, 0.3) is 0 Å². The fourth-order valence-electron chi connectivity index (χ4n) is 14.7. The normalized spacial score (nSPS) is 12.3. The fraction of sp³-hybridized carbons (Fsp3) is 0.522. The molecule has 8 heteroatoms. The van der Waals surface area contributed by atoms with Crippen molar-refractivity contribution in [3.63, 3.8) is 0 Å². The Morgan fingerprint density at radius 1 is 0.200 bits per heavy atom. The number of H-pyrrole nitrogens is 4. The monoisotopic (exact) mass is 1350 g/mol. The quantitative estimate of drug-likeness (QED) is 0.0285. The number of rotatable bonds is 52. The molecule has 100 heavy (non-hydrogen) atoms. The maximum absolute atomic E-state index is 6.64. The Hall–Kier alpha value is -7.32. The third-order valence-electron chi connectivity index (χ3n) is 20.5. The summed E-state index contributed by atoms with van der Waals surface area (Å²) in [5.41, 5.74) is 12.5. The number of benzene rings is 4. The first kappa shape index (κ1) is 76.9. The van der Waals surface area contributed by atoms with E-state index in [0.29, 0.717) is 26.4 Å². The predicted octanol–water partition coefficient (Wildman–Crippen LogP) is 23.5. The molecule has 0 aliphatic carbocycles. The minimum Gasteiger partial charge on any atom is -0.494 e. The minimum atomic E-state index is 0.698. The van der Waals surface area contributed by atoms with Crippen LogP contribution < -0.4 is 40.3 Å². The number of hydrogen-bond donors (Lipinski definition) is 4. The molecular weight excluding hydrogens is 1230 g/mol. The molecule has 8 nitrogen and oxygen atoms in total. The topological polar surface area (TPSA) is 100 Å². The fourth-order valence-corrected chi connectivity index (χ4v) is 14.7. The molecule has 0 fully saturated rings. The van der Waals surface area contributed by atoms with Gasteiger partial charge in [0.05, 0.1) is 26.4 Å². The van der Waals surface area contributed by atoms with Crippen LogP contribution in [0.2, 0.25) is 0 Å². The molecule has 1 aliphatic heterocycles. The first-order chi connectivity index (χ1) is 49.5. The van der Waals surface area contributed by atoms with Crippen LogP contribution in [0.25, 0.3) is 22.3 Å². The second-order valence-electron chi connectivity index (χ2n) is 28.9. The second kappa shape index (κ2) is 45.5. The van der Waals surface area contributed by atoms with Gasteiger partial charge in [-0.1, -0.05) is 307 Å². The molecule has 5 heterocycles. The molecule has 0 saturated carbocycles. The maximum atomic E-state index is 6.64. The van der Waals surface area contributed by atoms with Gasteiger partial charge < -0.3 is 38.9 Å². The van der Waals surface area contributed by atoms with Crippen LogP contribution >= 0.6 is 0 Å². The zero-order chi connectivity index (χ0) is 69.3. The number of unbranched alkanes of at least 4 members (excludes halogenated alkanes) is 36. The Morgan fingerprint density at radius 3 is 0.590 bits per heavy atom. The molecule has 0 atom stereocenters. The first-order valence-electron chi connectivity index (χ1n) is 40.7. The average Bonchev–Trinajstić information content (AvgIpc) is 1.53. The first-order valence-corrected chi connectivity index (χ1v) is 40.7. The number of nitrogens with one attached hydrogen (secondary N) is 4. The summed E-state index contributed by atoms with van der Waals surface area (Å²) in [7, 11) is 0. The molecule has 0 unspecified atom stereocenters. The van der Waals surface area contributed by atoms with E-state index in [4.69, 9.17) is 18.9 Å². The molecule has 4 aromatic heterocycles. The number of aromatic nitrogens is 4. The number of hydrogen-bond acceptors (Lipinski definition) is 4. The lowest BCUT2D eigenvalue weighted by Crippen LogP contribution is -2.19. The van der Waals surface area contributed by atoms with E-state index in [2.05, 4.69) is 193 Å². The van der Waals surface area contributed by atoms with Crippen molar-refractivity contribution in [3.05, 3.63) is 212 Å². The van der Waals surface area contributed by atoms with Gasteiger partial charge in [0.15, 0.2) is 0 Å². The molecule has 8 bridgehead atoms. The summed E-state index contributed by atoms with van der Waals surface area (Å²) in [6.45, 7) is 12.0. The van der Waals surface area contributed by atoms with Gasteiger partial charge >= 0.3 is 0 Å². The van der Waals surface area contributed by atoms with Crippen molar-refractivity contribution in [1.82, 2.24) is 19.9 Å². The SMILES string of the molecule is CCCCCCCCCCCCOc1cccc(C2=c3ccc([nH]3)=C(c3cccc(OCCCCCCCCCCCC)c3)c3ccc([nH]3)C(c3cccc(OCCCCCCCCCCCC)c3)=c3ccc([nH]3)=C(c3cccc(OCCCCCCCCCCCC)c3)c3ccc2[nH]3)c1. The van der Waals surface area contributed by atoms with E-state index in [1.807, 2.05) is 0 Å². The van der Waals surface area contributed by atoms with Crippen LogP contribution in [0.5, 0.6) is 23.0 Å². The standard InChI is InChI=1S/C92H128N4O4/c1-5-9-13-17-21-25-29-33-37-41-65-97-77-53-45-49-73(69-77)89-81-57-59-83(93-81)90(74-50-46-54-78(70-74)98-66-42-38-34-30-26-22-18-14-10-6-2)85-61-63-87(95-85)92(76-52-48-56-80(72-76)100-68-44-40-36-32-28-24-20-16-12-8-4)88-64-62-86(96-88)91(84-60-58-82(89)94-84)75-51-47-55-79(71-75)99-67-43-39-35-31-27-23-19-15-11-7-3/h45-64,69-72,93-96H,5-44,65-68H2,1-4H3. The molecule has 8 aromatic rings. The van der Waals surface area contributed by atoms with Gasteiger partial charge in [-0.3, -0.25) is 0 Å². The van der Waals surface area contributed by atoms with Crippen molar-refractivity contribution in [2.75, 3.05) is 26.4 Å². The summed E-state index contributed by atoms with van der Waals surface area (Å²) in [4.78, 5) is 16.2. The minimum absolute atomic E-state index is 0.698. The Balaban J connectivity index is 1.08. The second-order valence-corrected chi connectivity index (χ2v) is 28.9. The Morgan fingerprint density at radius 2 is 0.390 bits per heavy atom. The van der Waals surface area contributed by atoms with Gasteiger partial charge in [-0.2, -0.15) is 0 Å². The number of ether oxygens (including phenoxy) is 4. The van der Waals surface area contributed by atoms with Crippen molar-refractivity contribution < 1.29 is 18.9 Å². The zero-order valence-corrected chi connectivity index (χ0v) is 62.6. The summed E-state index contributed by atoms with van der Waals surface area (Å²) < 4.78 is 26.5. The summed E-state index contributed by atoms with van der Waals surface area (Å²) in [5, 5.41) is 3.97. The molecule has 0 saturated heterocycles. The Kier molecular flexibility index (Phi) is 35.0. The summed E-state index contributed by atoms with van der Waals surface area (Å²) in [6.07, 6.45) is 51.7. The lowest BCUT2D eigenvalue weighted by atomic mass is 10.0. The molecule has 0 spiro atoms. The largest absolute Gasteiger partial charge is 0.494 e. The molecule has 9 rings (SSSR count). The lowest BCUT2D eigenvalue weighted by molar-refractivity contribution is 0.304. The molecule has 4 N–H and O–H groups in total. The summed E-state index contributed by atoms with van der Waals surface area (Å²) in [5.74, 6) is 3.52. The van der Waals surface area contributed by atoms with Crippen LogP contribution in [0.3, 0.4) is 0 Å². The van der Waals surface area contributed by atoms with E-state index in [-0.39, 0.29) is 0 Å². The highest BCUT2D eigenvalue weighted by Gasteiger charge is 2.20. The van der Waals surface area contributed by atoms with E-state index in [9.17, 15) is 0 Å². The number of aromatic amines is 4. The zero-order valence-electron chi connectivity index (χ0n) is 62.6. The van der Waals surface area contributed by atoms with Crippen molar-refractivity contribution in [2.24, 2.45) is 0 Å². The van der Waals surface area contributed by atoms with E-state index in [1.54, 1.807) is 0 Å². The highest BCUT2D eigenvalue weighted by Crippen LogP contribution is 2.32. The van der Waals surface area contributed by atoms with Crippen LogP contribution in [0, 0.1) is 0 Å². The van der Waals surface area contributed by atoms with Gasteiger partial charge in [0.2, 0.25) is 0 Å². The maximum Gasteiger partial charge on any atom is 0.119 e. The van der Waals surface area contributed by atoms with Gasteiger partial charge in [-0.25, -0.2) is 0 Å². The Bertz CT molecular complexity index is 3330. The van der Waals surface area contributed by atoms with E-state index >= 15 is 0 Å². The van der Waals surface area contributed by atoms with E-state index < -0.39 is 0 Å². The molecule has 1 aliphatic rings. The molecule has 0 radical (unpaired) electrons. The molecular formula is C92H128N4O4.